The summed E-state index contributed by atoms with van der Waals surface area (Å²) in [5.74, 6) is 3.28. The van der Waals surface area contributed by atoms with Crippen LogP contribution < -0.4 is 4.90 Å². The molecule has 0 unspecified atom stereocenters. The lowest BCUT2D eigenvalue weighted by Gasteiger charge is -2.32. The minimum Gasteiger partial charge on any atom is -0.357 e. The Kier molecular flexibility index (Phi) is 4.83. The molecular weight excluding hydrogens is 340 g/mol. The standard InChI is InChI=1S/C19H22N8/c1-2-27-18(14-26-9-3-7-22-26)23-24-19(27)16-5-10-25(11-6-16)17-12-15(13-20)4-8-21-17/h3-4,7-9,12,16H,2,5-6,10-11,14H2,1H3. The van der Waals surface area contributed by atoms with E-state index in [0.29, 0.717) is 18.0 Å². The first-order chi connectivity index (χ1) is 13.3. The third-order valence-electron chi connectivity index (χ3n) is 5.09. The number of pyridine rings is 1. The van der Waals surface area contributed by atoms with Crippen molar-refractivity contribution in [1.82, 2.24) is 29.5 Å². The van der Waals surface area contributed by atoms with Crippen LogP contribution in [0.15, 0.2) is 36.8 Å². The summed E-state index contributed by atoms with van der Waals surface area (Å²) in [6.07, 6.45) is 7.42. The van der Waals surface area contributed by atoms with Gasteiger partial charge in [0, 0.05) is 44.1 Å². The van der Waals surface area contributed by atoms with Gasteiger partial charge in [0.05, 0.1) is 11.6 Å². The first-order valence-corrected chi connectivity index (χ1v) is 9.29. The molecule has 0 radical (unpaired) electrons. The Bertz CT molecular complexity index is 929. The van der Waals surface area contributed by atoms with Crippen molar-refractivity contribution in [2.75, 3.05) is 18.0 Å². The molecule has 138 valence electrons. The van der Waals surface area contributed by atoms with Crippen LogP contribution in [0.4, 0.5) is 5.82 Å². The summed E-state index contributed by atoms with van der Waals surface area (Å²) in [6, 6.07) is 7.69. The van der Waals surface area contributed by atoms with Crippen LogP contribution in [0, 0.1) is 11.3 Å². The van der Waals surface area contributed by atoms with Gasteiger partial charge in [0.1, 0.15) is 18.2 Å². The van der Waals surface area contributed by atoms with Crippen LogP contribution in [0.25, 0.3) is 0 Å². The summed E-state index contributed by atoms with van der Waals surface area (Å²) < 4.78 is 4.09. The highest BCUT2D eigenvalue weighted by atomic mass is 15.3. The number of aromatic nitrogens is 6. The van der Waals surface area contributed by atoms with Crippen molar-refractivity contribution in [3.8, 4) is 6.07 Å². The highest BCUT2D eigenvalue weighted by Crippen LogP contribution is 2.29. The summed E-state index contributed by atoms with van der Waals surface area (Å²) >= 11 is 0. The van der Waals surface area contributed by atoms with Crippen molar-refractivity contribution in [1.29, 1.82) is 5.26 Å². The van der Waals surface area contributed by atoms with Crippen molar-refractivity contribution >= 4 is 5.82 Å². The van der Waals surface area contributed by atoms with Crippen LogP contribution in [-0.2, 0) is 13.1 Å². The summed E-state index contributed by atoms with van der Waals surface area (Å²) in [4.78, 5) is 6.67. The van der Waals surface area contributed by atoms with Crippen molar-refractivity contribution in [3.63, 3.8) is 0 Å². The van der Waals surface area contributed by atoms with E-state index in [-0.39, 0.29) is 0 Å². The Labute approximate surface area is 158 Å². The molecule has 8 nitrogen and oxygen atoms in total. The summed E-state index contributed by atoms with van der Waals surface area (Å²) in [7, 11) is 0. The molecule has 0 saturated carbocycles. The van der Waals surface area contributed by atoms with Gasteiger partial charge >= 0.3 is 0 Å². The molecule has 8 heteroatoms. The summed E-state index contributed by atoms with van der Waals surface area (Å²) in [5, 5.41) is 22.3. The number of nitriles is 1. The Morgan fingerprint density at radius 2 is 2.07 bits per heavy atom. The lowest BCUT2D eigenvalue weighted by Crippen LogP contribution is -2.34. The molecule has 0 spiro atoms. The molecule has 0 N–H and O–H groups in total. The van der Waals surface area contributed by atoms with Gasteiger partial charge in [-0.05, 0) is 38.0 Å². The monoisotopic (exact) mass is 362 g/mol. The number of hydrogen-bond acceptors (Lipinski definition) is 6. The Morgan fingerprint density at radius 1 is 1.22 bits per heavy atom. The second-order valence-corrected chi connectivity index (χ2v) is 6.70. The molecule has 3 aromatic heterocycles. The van der Waals surface area contributed by atoms with E-state index < -0.39 is 0 Å². The van der Waals surface area contributed by atoms with Gasteiger partial charge in [-0.2, -0.15) is 10.4 Å². The predicted octanol–water partition coefficient (Wildman–Crippen LogP) is 2.19. The van der Waals surface area contributed by atoms with Crippen molar-refractivity contribution in [2.24, 2.45) is 0 Å². The molecule has 0 aromatic carbocycles. The van der Waals surface area contributed by atoms with Crippen LogP contribution in [0.5, 0.6) is 0 Å². The zero-order chi connectivity index (χ0) is 18.6. The number of rotatable bonds is 5. The summed E-state index contributed by atoms with van der Waals surface area (Å²) in [6.45, 7) is 5.42. The van der Waals surface area contributed by atoms with Gasteiger partial charge in [0.2, 0.25) is 0 Å². The average molecular weight is 362 g/mol. The Balaban J connectivity index is 1.46. The van der Waals surface area contributed by atoms with E-state index in [1.54, 1.807) is 18.5 Å². The van der Waals surface area contributed by atoms with Crippen LogP contribution in [0.1, 0.15) is 42.9 Å². The van der Waals surface area contributed by atoms with Crippen molar-refractivity contribution < 1.29 is 0 Å². The van der Waals surface area contributed by atoms with E-state index in [0.717, 1.165) is 49.9 Å². The third-order valence-corrected chi connectivity index (χ3v) is 5.09. The second-order valence-electron chi connectivity index (χ2n) is 6.70. The van der Waals surface area contributed by atoms with Crippen LogP contribution in [0.3, 0.4) is 0 Å². The molecule has 1 saturated heterocycles. The van der Waals surface area contributed by atoms with E-state index in [9.17, 15) is 0 Å². The van der Waals surface area contributed by atoms with E-state index in [1.165, 1.54) is 0 Å². The smallest absolute Gasteiger partial charge is 0.154 e. The van der Waals surface area contributed by atoms with Crippen molar-refractivity contribution in [2.45, 2.75) is 38.8 Å². The first kappa shape index (κ1) is 17.2. The van der Waals surface area contributed by atoms with Crippen LogP contribution >= 0.6 is 0 Å². The number of piperidine rings is 1. The summed E-state index contributed by atoms with van der Waals surface area (Å²) in [5.41, 5.74) is 0.649. The van der Waals surface area contributed by atoms with Gasteiger partial charge in [-0.1, -0.05) is 0 Å². The molecule has 4 heterocycles. The van der Waals surface area contributed by atoms with E-state index in [2.05, 4.69) is 42.7 Å². The molecular formula is C19H22N8. The number of hydrogen-bond donors (Lipinski definition) is 0. The molecule has 3 aromatic rings. The van der Waals surface area contributed by atoms with Gasteiger partial charge in [-0.15, -0.1) is 10.2 Å². The van der Waals surface area contributed by atoms with Crippen LogP contribution in [-0.4, -0.2) is 42.6 Å². The number of nitrogens with zero attached hydrogens (tertiary/aromatic N) is 8. The predicted molar refractivity (Wildman–Crippen MR) is 100 cm³/mol. The molecule has 1 aliphatic rings. The fourth-order valence-electron chi connectivity index (χ4n) is 3.68. The van der Waals surface area contributed by atoms with Crippen molar-refractivity contribution in [3.05, 3.63) is 54.0 Å². The maximum absolute atomic E-state index is 9.08. The van der Waals surface area contributed by atoms with Gasteiger partial charge in [0.25, 0.3) is 0 Å². The zero-order valence-electron chi connectivity index (χ0n) is 15.4. The molecule has 1 aliphatic heterocycles. The highest BCUT2D eigenvalue weighted by molar-refractivity contribution is 5.45. The van der Waals surface area contributed by atoms with Crippen LogP contribution in [0.2, 0.25) is 0 Å². The minimum atomic E-state index is 0.388. The quantitative estimate of drug-likeness (QED) is 0.691. The van der Waals surface area contributed by atoms with E-state index in [4.69, 9.17) is 5.26 Å². The van der Waals surface area contributed by atoms with Gasteiger partial charge in [-0.25, -0.2) is 4.98 Å². The van der Waals surface area contributed by atoms with Gasteiger partial charge in [-0.3, -0.25) is 4.68 Å². The lowest BCUT2D eigenvalue weighted by molar-refractivity contribution is 0.461. The van der Waals surface area contributed by atoms with Gasteiger partial charge in [0.15, 0.2) is 5.82 Å². The molecule has 0 aliphatic carbocycles. The Morgan fingerprint density at radius 3 is 2.78 bits per heavy atom. The zero-order valence-corrected chi connectivity index (χ0v) is 15.4. The fraction of sp³-hybridized carbons (Fsp3) is 0.421. The SMILES string of the molecule is CCn1c(Cn2cccn2)nnc1C1CCN(c2cc(C#N)ccn2)CC1. The first-order valence-electron chi connectivity index (χ1n) is 9.29. The number of anilines is 1. The van der Waals surface area contributed by atoms with E-state index in [1.807, 2.05) is 23.0 Å². The largest absolute Gasteiger partial charge is 0.357 e. The van der Waals surface area contributed by atoms with E-state index >= 15 is 0 Å². The lowest BCUT2D eigenvalue weighted by atomic mass is 9.95. The highest BCUT2D eigenvalue weighted by Gasteiger charge is 2.26. The normalized spacial score (nSPS) is 15.0. The topological polar surface area (TPSA) is 88.5 Å². The molecule has 27 heavy (non-hydrogen) atoms. The second kappa shape index (κ2) is 7.58. The molecule has 0 bridgehead atoms. The maximum Gasteiger partial charge on any atom is 0.154 e. The molecule has 0 atom stereocenters. The van der Waals surface area contributed by atoms with Gasteiger partial charge < -0.3 is 9.47 Å². The molecule has 1 fully saturated rings. The average Bonchev–Trinajstić information content (AvgIpc) is 3.38. The maximum atomic E-state index is 9.08. The molecule has 0 amide bonds. The Hall–Kier alpha value is -3.21. The molecule has 4 rings (SSSR count). The minimum absolute atomic E-state index is 0.388. The third kappa shape index (κ3) is 3.53. The fourth-order valence-corrected chi connectivity index (χ4v) is 3.68.